The molecule has 0 spiro atoms. The number of amidine groups is 2. The first kappa shape index (κ1) is 22.1. The number of amides is 4. The molecule has 2 aliphatic heterocycles. The number of carbonyl (C=O) groups excluding carboxylic acids is 3. The first-order valence-corrected chi connectivity index (χ1v) is 11.8. The molecule has 1 aromatic carbocycles. The molecule has 32 heavy (non-hydrogen) atoms. The van der Waals surface area contributed by atoms with Gasteiger partial charge in [-0.2, -0.15) is 9.48 Å². The van der Waals surface area contributed by atoms with E-state index in [1.807, 2.05) is 49.6 Å². The van der Waals surface area contributed by atoms with E-state index in [4.69, 9.17) is 0 Å². The number of carbonyl (C=O) groups is 3. The Kier molecular flexibility index (Phi) is 6.07. The lowest BCUT2D eigenvalue weighted by molar-refractivity contribution is -0.407. The van der Waals surface area contributed by atoms with Gasteiger partial charge in [0.25, 0.3) is 5.84 Å². The summed E-state index contributed by atoms with van der Waals surface area (Å²) in [5.41, 5.74) is 2.85. The molecule has 1 atom stereocenters. The van der Waals surface area contributed by atoms with Gasteiger partial charge in [0.1, 0.15) is 5.04 Å². The van der Waals surface area contributed by atoms with Gasteiger partial charge in [-0.1, -0.05) is 35.0 Å². The Bertz CT molecular complexity index is 1210. The average molecular weight is 469 g/mol. The normalized spacial score (nSPS) is 18.4. The second-order valence-corrected chi connectivity index (χ2v) is 9.42. The number of aliphatic imine (C=N–C) groups is 2. The van der Waals surface area contributed by atoms with E-state index >= 15 is 0 Å². The molecule has 0 aliphatic carbocycles. The summed E-state index contributed by atoms with van der Waals surface area (Å²) in [5, 5.41) is 5.28. The van der Waals surface area contributed by atoms with Crippen molar-refractivity contribution in [2.45, 2.75) is 13.8 Å². The largest absolute Gasteiger partial charge is 0.445 e. The van der Waals surface area contributed by atoms with Crippen LogP contribution in [0.25, 0.3) is 0 Å². The lowest BCUT2D eigenvalue weighted by Gasteiger charge is -2.26. The topological polar surface area (TPSA) is 94.2 Å². The summed E-state index contributed by atoms with van der Waals surface area (Å²) in [7, 11) is 3.02. The van der Waals surface area contributed by atoms with Crippen LogP contribution in [0.3, 0.4) is 0 Å². The SMILES string of the molecule is Cc1cccc(NC(=O)CSC2=NC(c3cccs3)=NC3=[N+](C)C(=O)N(C)C(=O)C23)c1C. The van der Waals surface area contributed by atoms with Gasteiger partial charge in [0.05, 0.1) is 24.7 Å². The number of thiophene rings is 1. The van der Waals surface area contributed by atoms with E-state index in [2.05, 4.69) is 15.3 Å². The fourth-order valence-electron chi connectivity index (χ4n) is 3.42. The molecule has 164 valence electrons. The highest BCUT2D eigenvalue weighted by molar-refractivity contribution is 8.14. The molecule has 0 saturated heterocycles. The maximum atomic E-state index is 12.9. The number of imide groups is 1. The van der Waals surface area contributed by atoms with E-state index in [1.165, 1.54) is 34.7 Å². The zero-order valence-corrected chi connectivity index (χ0v) is 19.7. The van der Waals surface area contributed by atoms with Crippen molar-refractivity contribution in [2.75, 3.05) is 25.2 Å². The van der Waals surface area contributed by atoms with Gasteiger partial charge in [0.2, 0.25) is 11.7 Å². The predicted octanol–water partition coefficient (Wildman–Crippen LogP) is 3.14. The van der Waals surface area contributed by atoms with Crippen LogP contribution in [0.5, 0.6) is 0 Å². The molecule has 1 aromatic heterocycles. The maximum absolute atomic E-state index is 12.9. The van der Waals surface area contributed by atoms with Crippen molar-refractivity contribution in [3.63, 3.8) is 0 Å². The smallest absolute Gasteiger partial charge is 0.325 e. The Labute approximate surface area is 193 Å². The van der Waals surface area contributed by atoms with Gasteiger partial charge < -0.3 is 5.32 Å². The molecule has 0 saturated carbocycles. The summed E-state index contributed by atoms with van der Waals surface area (Å²) in [6, 6.07) is 9.05. The van der Waals surface area contributed by atoms with Crippen molar-refractivity contribution in [1.82, 2.24) is 4.90 Å². The Morgan fingerprint density at radius 2 is 2.00 bits per heavy atom. The molecule has 4 rings (SSSR count). The van der Waals surface area contributed by atoms with E-state index in [1.54, 1.807) is 7.05 Å². The first-order valence-electron chi connectivity index (χ1n) is 9.90. The Morgan fingerprint density at radius 3 is 2.72 bits per heavy atom. The van der Waals surface area contributed by atoms with E-state index < -0.39 is 17.9 Å². The zero-order chi connectivity index (χ0) is 23.0. The van der Waals surface area contributed by atoms with Gasteiger partial charge in [0, 0.05) is 5.69 Å². The van der Waals surface area contributed by atoms with Crippen LogP contribution in [0.4, 0.5) is 10.5 Å². The third kappa shape index (κ3) is 4.03. The summed E-state index contributed by atoms with van der Waals surface area (Å²) >= 11 is 2.65. The van der Waals surface area contributed by atoms with E-state index in [0.717, 1.165) is 26.6 Å². The number of nitrogens with one attached hydrogen (secondary N) is 1. The van der Waals surface area contributed by atoms with Crippen LogP contribution in [0.2, 0.25) is 0 Å². The highest BCUT2D eigenvalue weighted by atomic mass is 32.2. The van der Waals surface area contributed by atoms with Crippen LogP contribution in [-0.4, -0.2) is 63.9 Å². The predicted molar refractivity (Wildman–Crippen MR) is 128 cm³/mol. The minimum Gasteiger partial charge on any atom is -0.325 e. The Balaban J connectivity index is 1.62. The van der Waals surface area contributed by atoms with Crippen LogP contribution in [-0.2, 0) is 9.59 Å². The van der Waals surface area contributed by atoms with E-state index in [9.17, 15) is 14.4 Å². The quantitative estimate of drug-likeness (QED) is 0.698. The second kappa shape index (κ2) is 8.79. The Morgan fingerprint density at radius 1 is 1.22 bits per heavy atom. The highest BCUT2D eigenvalue weighted by Gasteiger charge is 2.49. The van der Waals surface area contributed by atoms with E-state index in [0.29, 0.717) is 16.7 Å². The van der Waals surface area contributed by atoms with Crippen molar-refractivity contribution in [3.8, 4) is 0 Å². The summed E-state index contributed by atoms with van der Waals surface area (Å²) < 4.78 is 1.37. The minimum atomic E-state index is -0.815. The monoisotopic (exact) mass is 468 g/mol. The van der Waals surface area contributed by atoms with Crippen molar-refractivity contribution in [2.24, 2.45) is 15.9 Å². The van der Waals surface area contributed by atoms with Crippen molar-refractivity contribution in [1.29, 1.82) is 0 Å². The lowest BCUT2D eigenvalue weighted by atomic mass is 10.0. The fraction of sp³-hybridized carbons (Fsp3) is 0.273. The van der Waals surface area contributed by atoms with Crippen molar-refractivity contribution >= 4 is 63.3 Å². The molecule has 0 bridgehead atoms. The maximum Gasteiger partial charge on any atom is 0.445 e. The molecule has 0 fully saturated rings. The number of thioether (sulfide) groups is 1. The van der Waals surface area contributed by atoms with Crippen molar-refractivity contribution < 1.29 is 19.0 Å². The number of hydrogen-bond donors (Lipinski definition) is 1. The molecular formula is C22H22N5O3S2+. The third-order valence-corrected chi connectivity index (χ3v) is 7.30. The van der Waals surface area contributed by atoms with Gasteiger partial charge in [0.15, 0.2) is 5.92 Å². The third-order valence-electron chi connectivity index (χ3n) is 5.41. The van der Waals surface area contributed by atoms with Gasteiger partial charge in [-0.05, 0) is 42.5 Å². The number of nitrogens with zero attached hydrogens (tertiary/aromatic N) is 4. The summed E-state index contributed by atoms with van der Waals surface area (Å²) in [6.07, 6.45) is 0. The number of aryl methyl sites for hydroxylation is 1. The standard InChI is InChI=1S/C22H21N5O3S2/c1-12-7-5-8-14(13(12)2)23-16(28)11-32-20-17-19(26(3)22(30)27(4)21(17)29)24-18(25-20)15-9-6-10-31-15/h5-10,17H,11H2,1-4H3/p+1. The summed E-state index contributed by atoms with van der Waals surface area (Å²) in [6.45, 7) is 3.94. The van der Waals surface area contributed by atoms with Crippen LogP contribution >= 0.6 is 23.1 Å². The number of hydrogen-bond acceptors (Lipinski definition) is 7. The van der Waals surface area contributed by atoms with Crippen LogP contribution in [0.1, 0.15) is 16.0 Å². The fourth-order valence-corrected chi connectivity index (χ4v) is 4.95. The minimum absolute atomic E-state index is 0.0718. The van der Waals surface area contributed by atoms with Gasteiger partial charge >= 0.3 is 11.9 Å². The molecule has 8 nitrogen and oxygen atoms in total. The van der Waals surface area contributed by atoms with Gasteiger partial charge in [-0.15, -0.1) is 11.3 Å². The molecule has 1 N–H and O–H groups in total. The molecule has 2 aliphatic rings. The van der Waals surface area contributed by atoms with Crippen LogP contribution in [0, 0.1) is 19.8 Å². The van der Waals surface area contributed by atoms with E-state index in [-0.39, 0.29) is 11.7 Å². The number of rotatable bonds is 4. The summed E-state index contributed by atoms with van der Waals surface area (Å²) in [5.74, 6) is -0.588. The molecule has 10 heteroatoms. The van der Waals surface area contributed by atoms with Crippen molar-refractivity contribution in [3.05, 3.63) is 51.7 Å². The molecule has 4 amide bonds. The number of anilines is 1. The number of urea groups is 1. The van der Waals surface area contributed by atoms with Crippen LogP contribution < -0.4 is 5.32 Å². The highest BCUT2D eigenvalue weighted by Crippen LogP contribution is 2.28. The average Bonchev–Trinajstić information content (AvgIpc) is 3.32. The lowest BCUT2D eigenvalue weighted by Crippen LogP contribution is -2.54. The molecular weight excluding hydrogens is 446 g/mol. The summed E-state index contributed by atoms with van der Waals surface area (Å²) in [4.78, 5) is 49.1. The second-order valence-electron chi connectivity index (χ2n) is 7.48. The van der Waals surface area contributed by atoms with Gasteiger partial charge in [-0.3, -0.25) is 9.59 Å². The van der Waals surface area contributed by atoms with Gasteiger partial charge in [-0.25, -0.2) is 9.79 Å². The van der Waals surface area contributed by atoms with Crippen LogP contribution in [0.15, 0.2) is 45.7 Å². The number of fused-ring (bicyclic) bond motifs is 1. The Hall–Kier alpha value is -3.11. The molecule has 3 heterocycles. The molecule has 1 unspecified atom stereocenters. The molecule has 2 aromatic rings. The molecule has 0 radical (unpaired) electrons. The number of benzene rings is 1. The first-order chi connectivity index (χ1) is 15.3. The zero-order valence-electron chi connectivity index (χ0n) is 18.1.